The van der Waals surface area contributed by atoms with Gasteiger partial charge in [0.2, 0.25) is 5.43 Å². The average molecular weight is 284 g/mol. The molecule has 1 aromatic rings. The summed E-state index contributed by atoms with van der Waals surface area (Å²) in [7, 11) is 4.03. The van der Waals surface area contributed by atoms with Crippen molar-refractivity contribution in [1.82, 2.24) is 4.90 Å². The van der Waals surface area contributed by atoms with E-state index in [0.717, 1.165) is 17.8 Å². The van der Waals surface area contributed by atoms with Crippen molar-refractivity contribution in [2.24, 2.45) is 0 Å². The maximum absolute atomic E-state index is 11.8. The van der Waals surface area contributed by atoms with Gasteiger partial charge < -0.3 is 15.0 Å². The number of ether oxygens (including phenoxy) is 1. The minimum atomic E-state index is -0.159. The van der Waals surface area contributed by atoms with Crippen molar-refractivity contribution in [2.45, 2.75) is 26.2 Å². The highest BCUT2D eigenvalue weighted by atomic mass is 32.1. The summed E-state index contributed by atoms with van der Waals surface area (Å²) in [4.78, 5) is 13.8. The van der Waals surface area contributed by atoms with Crippen LogP contribution in [0.4, 0.5) is 5.69 Å². The van der Waals surface area contributed by atoms with Gasteiger partial charge in [0, 0.05) is 18.7 Å². The molecule has 1 aromatic carbocycles. The minimum Gasteiger partial charge on any atom is -0.381 e. The number of nitrogens with one attached hydrogen (secondary N) is 1. The van der Waals surface area contributed by atoms with Gasteiger partial charge in [-0.3, -0.25) is 4.79 Å². The van der Waals surface area contributed by atoms with Crippen LogP contribution in [0, 0.1) is 4.51 Å². The SMILES string of the molecule is CN(C)CCOCCNc1c(C(C)(C)C)c(=O)c1=S. The molecule has 108 valence electrons. The lowest BCUT2D eigenvalue weighted by atomic mass is 9.83. The van der Waals surface area contributed by atoms with Crippen molar-refractivity contribution in [2.75, 3.05) is 45.7 Å². The van der Waals surface area contributed by atoms with Gasteiger partial charge in [-0.05, 0) is 19.5 Å². The zero-order chi connectivity index (χ0) is 14.6. The minimum absolute atomic E-state index is 0.0125. The molecular formula is C14H24N2O2S. The second-order valence-electron chi connectivity index (χ2n) is 6.00. The Morgan fingerprint density at radius 3 is 2.42 bits per heavy atom. The maximum Gasteiger partial charge on any atom is 0.204 e. The van der Waals surface area contributed by atoms with E-state index < -0.39 is 0 Å². The fourth-order valence-electron chi connectivity index (χ4n) is 1.87. The average Bonchev–Trinajstić information content (AvgIpc) is 2.28. The standard InChI is InChI=1S/C14H24N2O2S/c1-14(2,3)10-11(13(19)12(10)17)15-6-8-18-9-7-16(4)5/h15H,6-9H2,1-5H3. The van der Waals surface area contributed by atoms with E-state index in [1.807, 2.05) is 34.9 Å². The molecule has 4 nitrogen and oxygen atoms in total. The van der Waals surface area contributed by atoms with E-state index >= 15 is 0 Å². The summed E-state index contributed by atoms with van der Waals surface area (Å²) in [6.07, 6.45) is 0. The molecular weight excluding hydrogens is 260 g/mol. The molecule has 0 aromatic heterocycles. The number of hydrogen-bond donors (Lipinski definition) is 1. The molecule has 1 N–H and O–H groups in total. The van der Waals surface area contributed by atoms with E-state index in [-0.39, 0.29) is 10.8 Å². The molecule has 1 rings (SSSR count). The molecule has 0 amide bonds. The fraction of sp³-hybridized carbons (Fsp3) is 0.714. The zero-order valence-electron chi connectivity index (χ0n) is 12.5. The van der Waals surface area contributed by atoms with Crippen LogP contribution in [0.25, 0.3) is 0 Å². The third-order valence-corrected chi connectivity index (χ3v) is 3.28. The van der Waals surface area contributed by atoms with Crippen molar-refractivity contribution in [3.63, 3.8) is 0 Å². The van der Waals surface area contributed by atoms with Gasteiger partial charge in [-0.25, -0.2) is 0 Å². The molecule has 5 heteroatoms. The first-order chi connectivity index (χ1) is 8.75. The van der Waals surface area contributed by atoms with Crippen LogP contribution < -0.4 is 10.7 Å². The highest BCUT2D eigenvalue weighted by Crippen LogP contribution is 2.29. The Balaban J connectivity index is 2.41. The molecule has 0 radical (unpaired) electrons. The Morgan fingerprint density at radius 1 is 1.26 bits per heavy atom. The van der Waals surface area contributed by atoms with Crippen molar-refractivity contribution < 1.29 is 4.74 Å². The van der Waals surface area contributed by atoms with Gasteiger partial charge in [0.05, 0.1) is 18.9 Å². The monoisotopic (exact) mass is 284 g/mol. The lowest BCUT2D eigenvalue weighted by Crippen LogP contribution is -2.31. The van der Waals surface area contributed by atoms with Crippen LogP contribution in [0.15, 0.2) is 4.79 Å². The number of rotatable bonds is 7. The van der Waals surface area contributed by atoms with Gasteiger partial charge in [-0.1, -0.05) is 33.0 Å². The van der Waals surface area contributed by atoms with E-state index in [1.54, 1.807) is 0 Å². The van der Waals surface area contributed by atoms with Crippen LogP contribution in [-0.2, 0) is 10.2 Å². The molecule has 0 aliphatic heterocycles. The van der Waals surface area contributed by atoms with Crippen molar-refractivity contribution in [3.8, 4) is 0 Å². The van der Waals surface area contributed by atoms with E-state index in [4.69, 9.17) is 17.0 Å². The molecule has 0 bridgehead atoms. The van der Waals surface area contributed by atoms with Gasteiger partial charge in [0.15, 0.2) is 0 Å². The molecule has 0 heterocycles. The molecule has 0 spiro atoms. The molecule has 0 atom stereocenters. The van der Waals surface area contributed by atoms with Gasteiger partial charge in [-0.15, -0.1) is 0 Å². The van der Waals surface area contributed by atoms with Crippen LogP contribution in [0.1, 0.15) is 26.3 Å². The quantitative estimate of drug-likeness (QED) is 0.612. The van der Waals surface area contributed by atoms with Gasteiger partial charge >= 0.3 is 0 Å². The van der Waals surface area contributed by atoms with Crippen LogP contribution in [0.5, 0.6) is 0 Å². The highest BCUT2D eigenvalue weighted by Gasteiger charge is 2.27. The first-order valence-corrected chi connectivity index (χ1v) is 6.96. The summed E-state index contributed by atoms with van der Waals surface area (Å²) in [5.74, 6) is 0. The topological polar surface area (TPSA) is 41.6 Å². The predicted molar refractivity (Wildman–Crippen MR) is 82.5 cm³/mol. The Morgan fingerprint density at radius 2 is 1.89 bits per heavy atom. The summed E-state index contributed by atoms with van der Waals surface area (Å²) in [5.41, 5.74) is 1.50. The van der Waals surface area contributed by atoms with Crippen molar-refractivity contribution >= 4 is 17.9 Å². The largest absolute Gasteiger partial charge is 0.381 e. The number of hydrogen-bond acceptors (Lipinski definition) is 5. The van der Waals surface area contributed by atoms with E-state index in [1.165, 1.54) is 0 Å². The molecule has 0 aliphatic rings. The second-order valence-corrected chi connectivity index (χ2v) is 6.41. The second kappa shape index (κ2) is 6.59. The van der Waals surface area contributed by atoms with E-state index in [2.05, 4.69) is 10.2 Å². The highest BCUT2D eigenvalue weighted by molar-refractivity contribution is 7.71. The normalized spacial score (nSPS) is 12.3. The summed E-state index contributed by atoms with van der Waals surface area (Å²) in [5, 5.41) is 3.22. The Labute approximate surface area is 120 Å². The predicted octanol–water partition coefficient (Wildman–Crippen LogP) is 1.94. The maximum atomic E-state index is 11.8. The molecule has 19 heavy (non-hydrogen) atoms. The molecule has 0 saturated carbocycles. The van der Waals surface area contributed by atoms with Gasteiger partial charge in [-0.2, -0.15) is 0 Å². The Kier molecular flexibility index (Phi) is 5.64. The molecule has 0 unspecified atom stereocenters. The van der Waals surface area contributed by atoms with Crippen LogP contribution in [0.3, 0.4) is 0 Å². The van der Waals surface area contributed by atoms with Crippen LogP contribution >= 0.6 is 12.2 Å². The smallest absolute Gasteiger partial charge is 0.204 e. The summed E-state index contributed by atoms with van der Waals surface area (Å²) in [6, 6.07) is 0. The number of anilines is 1. The third-order valence-electron chi connectivity index (χ3n) is 2.89. The fourth-order valence-corrected chi connectivity index (χ4v) is 2.15. The van der Waals surface area contributed by atoms with E-state index in [0.29, 0.717) is 24.3 Å². The van der Waals surface area contributed by atoms with Crippen LogP contribution in [-0.4, -0.2) is 45.3 Å². The molecule has 0 saturated heterocycles. The van der Waals surface area contributed by atoms with Gasteiger partial charge in [0.25, 0.3) is 0 Å². The van der Waals surface area contributed by atoms with E-state index in [9.17, 15) is 4.79 Å². The number of nitrogens with zero attached hydrogens (tertiary/aromatic N) is 1. The molecule has 0 aliphatic carbocycles. The van der Waals surface area contributed by atoms with Crippen molar-refractivity contribution in [3.05, 3.63) is 20.3 Å². The van der Waals surface area contributed by atoms with Crippen molar-refractivity contribution in [1.29, 1.82) is 0 Å². The Hall–Kier alpha value is -0.780. The first-order valence-electron chi connectivity index (χ1n) is 6.55. The lowest BCUT2D eigenvalue weighted by Gasteiger charge is -2.25. The summed E-state index contributed by atoms with van der Waals surface area (Å²) >= 11 is 5.09. The Bertz CT molecular complexity index is 482. The third kappa shape index (κ3) is 4.37. The summed E-state index contributed by atoms with van der Waals surface area (Å²) < 4.78 is 5.92. The molecule has 0 fully saturated rings. The first kappa shape index (κ1) is 16.3. The summed E-state index contributed by atoms with van der Waals surface area (Å²) in [6.45, 7) is 8.99. The number of likely N-dealkylation sites (N-methyl/N-ethyl adjacent to an activating group) is 1. The lowest BCUT2D eigenvalue weighted by molar-refractivity contribution is 0.126. The zero-order valence-corrected chi connectivity index (χ0v) is 13.3. The van der Waals surface area contributed by atoms with Gasteiger partial charge in [0.1, 0.15) is 4.51 Å². The van der Waals surface area contributed by atoms with Crippen LogP contribution in [0.2, 0.25) is 0 Å².